The van der Waals surface area contributed by atoms with E-state index in [1.54, 1.807) is 0 Å². The van der Waals surface area contributed by atoms with Gasteiger partial charge in [-0.05, 0) is 24.3 Å². The fourth-order valence-corrected chi connectivity index (χ4v) is 2.42. The fraction of sp³-hybridized carbons (Fsp3) is 0. The topological polar surface area (TPSA) is 57.3 Å². The van der Waals surface area contributed by atoms with Crippen LogP contribution in [-0.2, 0) is 0 Å². The molecule has 0 spiro atoms. The van der Waals surface area contributed by atoms with Crippen molar-refractivity contribution < 1.29 is 5.48 Å². The first-order valence-corrected chi connectivity index (χ1v) is 8.53. The van der Waals surface area contributed by atoms with E-state index in [0.29, 0.717) is 0 Å². The molecule has 2 aromatic heterocycles. The molecule has 2 heterocycles. The molecule has 3 heteroatoms. The van der Waals surface area contributed by atoms with E-state index in [-0.39, 0.29) is 5.48 Å². The van der Waals surface area contributed by atoms with Gasteiger partial charge in [0.2, 0.25) is 0 Å². The Bertz CT molecular complexity index is 820. The number of nitrogens with zero attached hydrogens (tertiary/aromatic N) is 2. The summed E-state index contributed by atoms with van der Waals surface area (Å²) in [4.78, 5) is 8.36. The summed E-state index contributed by atoms with van der Waals surface area (Å²) in [6, 6.07) is 36.2. The number of rotatable bonds is 0. The van der Waals surface area contributed by atoms with Gasteiger partial charge in [-0.15, -0.1) is 0 Å². The van der Waals surface area contributed by atoms with Crippen LogP contribution in [0.15, 0.2) is 122 Å². The first-order chi connectivity index (χ1) is 12.9. The smallest absolute Gasteiger partial charge is 0.0701 e. The summed E-state index contributed by atoms with van der Waals surface area (Å²) in [7, 11) is 0. The molecule has 0 amide bonds. The molecule has 0 atom stereocenters. The van der Waals surface area contributed by atoms with Crippen LogP contribution in [-0.4, -0.2) is 15.4 Å². The molecule has 0 saturated carbocycles. The highest BCUT2D eigenvalue weighted by atomic mass is 16.0. The van der Waals surface area contributed by atoms with Crippen molar-refractivity contribution in [2.75, 3.05) is 0 Å². The first kappa shape index (κ1) is 19.8. The molecule has 0 aliphatic rings. The molecule has 0 fully saturated rings. The van der Waals surface area contributed by atoms with E-state index < -0.39 is 0 Å². The Morgan fingerprint density at radius 1 is 0.370 bits per heavy atom. The predicted octanol–water partition coefficient (Wildman–Crippen LogP) is 5.33. The van der Waals surface area contributed by atoms with E-state index in [1.165, 1.54) is 10.8 Å². The lowest BCUT2D eigenvalue weighted by atomic mass is 10.2. The summed E-state index contributed by atoms with van der Waals surface area (Å²) in [5.74, 6) is 0. The molecule has 3 aromatic carbocycles. The van der Waals surface area contributed by atoms with E-state index in [9.17, 15) is 0 Å². The molecular weight excluding hydrogens is 332 g/mol. The van der Waals surface area contributed by atoms with Gasteiger partial charge in [0.15, 0.2) is 0 Å². The van der Waals surface area contributed by atoms with Crippen molar-refractivity contribution in [2.45, 2.75) is 0 Å². The van der Waals surface area contributed by atoms with E-state index in [1.807, 2.05) is 97.3 Å². The van der Waals surface area contributed by atoms with Gasteiger partial charge in [-0.25, -0.2) is 0 Å². The maximum atomic E-state index is 4.18. The Kier molecular flexibility index (Phi) is 8.15. The quantitative estimate of drug-likeness (QED) is 0.377. The molecule has 5 aromatic rings. The van der Waals surface area contributed by atoms with Crippen LogP contribution in [0, 0.1) is 0 Å². The summed E-state index contributed by atoms with van der Waals surface area (Å²) in [6.45, 7) is 0. The second-order valence-electron chi connectivity index (χ2n) is 5.55. The van der Waals surface area contributed by atoms with E-state index >= 15 is 0 Å². The number of hydrogen-bond acceptors (Lipinski definition) is 2. The second-order valence-corrected chi connectivity index (χ2v) is 5.55. The van der Waals surface area contributed by atoms with E-state index in [4.69, 9.17) is 0 Å². The maximum Gasteiger partial charge on any atom is 0.0701 e. The minimum atomic E-state index is 0. The average Bonchev–Trinajstić information content (AvgIpc) is 2.76. The molecule has 0 saturated heterocycles. The van der Waals surface area contributed by atoms with Crippen LogP contribution < -0.4 is 0 Å². The summed E-state index contributed by atoms with van der Waals surface area (Å²) < 4.78 is 0. The van der Waals surface area contributed by atoms with Gasteiger partial charge in [-0.2, -0.15) is 0 Å². The zero-order valence-corrected chi connectivity index (χ0v) is 14.9. The normalized spacial score (nSPS) is 9.19. The highest BCUT2D eigenvalue weighted by Crippen LogP contribution is 2.08. The summed E-state index contributed by atoms with van der Waals surface area (Å²) >= 11 is 0. The van der Waals surface area contributed by atoms with Crippen LogP contribution in [0.1, 0.15) is 0 Å². The van der Waals surface area contributed by atoms with Crippen molar-refractivity contribution in [1.82, 2.24) is 9.97 Å². The maximum absolute atomic E-state index is 4.18. The third kappa shape index (κ3) is 6.34. The number of hydrogen-bond donors (Lipinski definition) is 0. The molecule has 0 bridgehead atoms. The van der Waals surface area contributed by atoms with Crippen LogP contribution in [0.5, 0.6) is 0 Å². The van der Waals surface area contributed by atoms with Gasteiger partial charge in [-0.3, -0.25) is 9.97 Å². The van der Waals surface area contributed by atoms with Crippen LogP contribution in [0.2, 0.25) is 0 Å². The van der Waals surface area contributed by atoms with Crippen LogP contribution in [0.3, 0.4) is 0 Å². The van der Waals surface area contributed by atoms with Gasteiger partial charge in [0, 0.05) is 23.2 Å². The fourth-order valence-electron chi connectivity index (χ4n) is 2.42. The van der Waals surface area contributed by atoms with Crippen molar-refractivity contribution in [3.63, 3.8) is 0 Å². The highest BCUT2D eigenvalue weighted by Gasteiger charge is 1.87. The van der Waals surface area contributed by atoms with Crippen molar-refractivity contribution in [1.29, 1.82) is 0 Å². The van der Waals surface area contributed by atoms with Crippen LogP contribution in [0.25, 0.3) is 21.8 Å². The lowest BCUT2D eigenvalue weighted by Gasteiger charge is -1.91. The van der Waals surface area contributed by atoms with Gasteiger partial charge in [0.1, 0.15) is 0 Å². The number of para-hydroxylation sites is 2. The Labute approximate surface area is 159 Å². The zero-order chi connectivity index (χ0) is 17.9. The molecule has 0 radical (unpaired) electrons. The van der Waals surface area contributed by atoms with Gasteiger partial charge < -0.3 is 5.48 Å². The summed E-state index contributed by atoms with van der Waals surface area (Å²) in [5, 5.41) is 2.40. The largest absolute Gasteiger partial charge is 0.412 e. The van der Waals surface area contributed by atoms with Crippen molar-refractivity contribution in [3.8, 4) is 0 Å². The van der Waals surface area contributed by atoms with E-state index in [0.717, 1.165) is 11.0 Å². The molecule has 0 unspecified atom stereocenters. The first-order valence-electron chi connectivity index (χ1n) is 8.53. The molecule has 0 aliphatic heterocycles. The highest BCUT2D eigenvalue weighted by molar-refractivity contribution is 5.78. The number of aromatic nitrogens is 2. The van der Waals surface area contributed by atoms with Crippen molar-refractivity contribution in [2.24, 2.45) is 0 Å². The summed E-state index contributed by atoms with van der Waals surface area (Å²) in [6.07, 6.45) is 3.62. The zero-order valence-electron chi connectivity index (χ0n) is 14.9. The molecule has 27 heavy (non-hydrogen) atoms. The molecule has 2 N–H and O–H groups in total. The monoisotopic (exact) mass is 354 g/mol. The SMILES string of the molecule is O.c1ccc2ncccc2c1.c1ccc2ncccc2c1.c1ccccc1. The predicted molar refractivity (Wildman–Crippen MR) is 114 cm³/mol. The molecule has 0 aliphatic carbocycles. The number of pyridine rings is 2. The number of benzene rings is 3. The van der Waals surface area contributed by atoms with Crippen LogP contribution >= 0.6 is 0 Å². The third-order valence-corrected chi connectivity index (χ3v) is 3.69. The van der Waals surface area contributed by atoms with Gasteiger partial charge in [-0.1, -0.05) is 84.9 Å². The Morgan fingerprint density at radius 3 is 1.07 bits per heavy atom. The lowest BCUT2D eigenvalue weighted by molar-refractivity contribution is 0.824. The second kappa shape index (κ2) is 11.1. The molecule has 5 rings (SSSR count). The Morgan fingerprint density at radius 2 is 0.704 bits per heavy atom. The van der Waals surface area contributed by atoms with Gasteiger partial charge >= 0.3 is 0 Å². The molecule has 134 valence electrons. The van der Waals surface area contributed by atoms with E-state index in [2.05, 4.69) is 34.2 Å². The Balaban J connectivity index is 0.000000147. The average molecular weight is 354 g/mol. The van der Waals surface area contributed by atoms with Crippen molar-refractivity contribution in [3.05, 3.63) is 122 Å². The summed E-state index contributed by atoms with van der Waals surface area (Å²) in [5.41, 5.74) is 2.12. The molecule has 3 nitrogen and oxygen atoms in total. The standard InChI is InChI=1S/2C9H7N.C6H6.H2O/c2*1-2-6-9-8(4-1)5-3-7-10-9;1-2-4-6-5-3-1;/h2*1-7H;1-6H;1H2. The van der Waals surface area contributed by atoms with Crippen molar-refractivity contribution >= 4 is 21.8 Å². The third-order valence-electron chi connectivity index (χ3n) is 3.69. The lowest BCUT2D eigenvalue weighted by Crippen LogP contribution is -1.73. The minimum Gasteiger partial charge on any atom is -0.412 e. The van der Waals surface area contributed by atoms with Crippen LogP contribution in [0.4, 0.5) is 0 Å². The molecular formula is C24H22N2O. The minimum absolute atomic E-state index is 0. The number of fused-ring (bicyclic) bond motifs is 2. The Hall–Kier alpha value is -3.56. The van der Waals surface area contributed by atoms with Gasteiger partial charge in [0.05, 0.1) is 11.0 Å². The van der Waals surface area contributed by atoms with Gasteiger partial charge in [0.25, 0.3) is 0 Å².